The van der Waals surface area contributed by atoms with E-state index in [1.807, 2.05) is 32.0 Å². The summed E-state index contributed by atoms with van der Waals surface area (Å²) in [6, 6.07) is 9.16. The average molecular weight is 407 g/mol. The van der Waals surface area contributed by atoms with E-state index in [0.717, 1.165) is 10.2 Å². The van der Waals surface area contributed by atoms with Gasteiger partial charge in [-0.25, -0.2) is 4.98 Å². The van der Waals surface area contributed by atoms with Gasteiger partial charge in [-0.3, -0.25) is 4.79 Å². The quantitative estimate of drug-likeness (QED) is 0.658. The van der Waals surface area contributed by atoms with E-state index in [4.69, 9.17) is 9.15 Å². The maximum absolute atomic E-state index is 12.6. The van der Waals surface area contributed by atoms with Gasteiger partial charge in [0.25, 0.3) is 5.91 Å². The number of halogens is 1. The standard InChI is InChI=1S/C17H15BrN2O3S/c1-9-4-6-14(23-9)17-19-10(2)15(24-17)16(21)20-12-8-11(18)5-7-13(12)22-3/h4-8H,1-3H3,(H,20,21). The minimum atomic E-state index is -0.226. The Morgan fingerprint density at radius 3 is 2.75 bits per heavy atom. The Hall–Kier alpha value is -2.12. The van der Waals surface area contributed by atoms with Gasteiger partial charge >= 0.3 is 0 Å². The number of benzene rings is 1. The maximum atomic E-state index is 12.6. The zero-order chi connectivity index (χ0) is 17.3. The highest BCUT2D eigenvalue weighted by atomic mass is 79.9. The molecule has 1 amide bonds. The first-order valence-corrected chi connectivity index (χ1v) is 8.78. The Labute approximate surface area is 151 Å². The largest absolute Gasteiger partial charge is 0.495 e. The van der Waals surface area contributed by atoms with Crippen LogP contribution in [0.15, 0.2) is 39.2 Å². The van der Waals surface area contributed by atoms with Gasteiger partial charge < -0.3 is 14.5 Å². The molecule has 2 aromatic heterocycles. The van der Waals surface area contributed by atoms with Crippen molar-refractivity contribution in [2.75, 3.05) is 12.4 Å². The lowest BCUT2D eigenvalue weighted by molar-refractivity contribution is 0.102. The fourth-order valence-electron chi connectivity index (χ4n) is 2.22. The number of hydrogen-bond acceptors (Lipinski definition) is 5. The first-order valence-electron chi connectivity index (χ1n) is 7.17. The molecule has 0 aliphatic rings. The summed E-state index contributed by atoms with van der Waals surface area (Å²) >= 11 is 4.70. The summed E-state index contributed by atoms with van der Waals surface area (Å²) in [6.07, 6.45) is 0. The Balaban J connectivity index is 1.88. The molecule has 1 N–H and O–H groups in total. The monoisotopic (exact) mass is 406 g/mol. The van der Waals surface area contributed by atoms with E-state index in [1.54, 1.807) is 19.2 Å². The van der Waals surface area contributed by atoms with E-state index in [9.17, 15) is 4.79 Å². The zero-order valence-corrected chi connectivity index (χ0v) is 15.7. The number of methoxy groups -OCH3 is 1. The van der Waals surface area contributed by atoms with E-state index >= 15 is 0 Å². The molecule has 0 aliphatic heterocycles. The lowest BCUT2D eigenvalue weighted by Crippen LogP contribution is -2.12. The Morgan fingerprint density at radius 2 is 2.08 bits per heavy atom. The molecular formula is C17H15BrN2O3S. The summed E-state index contributed by atoms with van der Waals surface area (Å²) in [5.41, 5.74) is 1.26. The summed E-state index contributed by atoms with van der Waals surface area (Å²) in [5.74, 6) is 1.84. The predicted octanol–water partition coefficient (Wildman–Crippen LogP) is 5.04. The number of carbonyl (C=O) groups excluding carboxylic acids is 1. The molecule has 0 fully saturated rings. The van der Waals surface area contributed by atoms with Crippen molar-refractivity contribution in [3.05, 3.63) is 51.1 Å². The highest BCUT2D eigenvalue weighted by molar-refractivity contribution is 9.10. The smallest absolute Gasteiger partial charge is 0.267 e. The van der Waals surface area contributed by atoms with E-state index in [0.29, 0.717) is 32.8 Å². The van der Waals surface area contributed by atoms with Gasteiger partial charge in [-0.05, 0) is 44.2 Å². The van der Waals surface area contributed by atoms with Crippen LogP contribution < -0.4 is 10.1 Å². The van der Waals surface area contributed by atoms with Gasteiger partial charge in [0.1, 0.15) is 16.4 Å². The summed E-state index contributed by atoms with van der Waals surface area (Å²) < 4.78 is 11.7. The first kappa shape index (κ1) is 16.7. The van der Waals surface area contributed by atoms with Crippen LogP contribution in [0.4, 0.5) is 5.69 Å². The molecule has 1 aromatic carbocycles. The van der Waals surface area contributed by atoms with Gasteiger partial charge in [-0.1, -0.05) is 15.9 Å². The number of nitrogens with zero attached hydrogens (tertiary/aromatic N) is 1. The molecule has 0 bridgehead atoms. The van der Waals surface area contributed by atoms with Gasteiger partial charge in [-0.15, -0.1) is 11.3 Å². The summed E-state index contributed by atoms with van der Waals surface area (Å²) in [4.78, 5) is 17.6. The van der Waals surface area contributed by atoms with Gasteiger partial charge in [0.05, 0.1) is 18.5 Å². The number of ether oxygens (including phenoxy) is 1. The molecule has 124 valence electrons. The summed E-state index contributed by atoms with van der Waals surface area (Å²) in [7, 11) is 1.56. The molecule has 0 radical (unpaired) electrons. The van der Waals surface area contributed by atoms with Crippen LogP contribution in [0.25, 0.3) is 10.8 Å². The van der Waals surface area contributed by atoms with Crippen molar-refractivity contribution in [2.24, 2.45) is 0 Å². The number of anilines is 1. The summed E-state index contributed by atoms with van der Waals surface area (Å²) in [5, 5.41) is 3.56. The van der Waals surface area contributed by atoms with Crippen LogP contribution in [-0.2, 0) is 0 Å². The lowest BCUT2D eigenvalue weighted by Gasteiger charge is -2.10. The number of hydrogen-bond donors (Lipinski definition) is 1. The molecule has 0 saturated heterocycles. The molecule has 7 heteroatoms. The second-order valence-electron chi connectivity index (χ2n) is 5.14. The van der Waals surface area contributed by atoms with Crippen molar-refractivity contribution < 1.29 is 13.9 Å². The van der Waals surface area contributed by atoms with Crippen molar-refractivity contribution in [3.8, 4) is 16.5 Å². The molecule has 0 saturated carbocycles. The molecule has 3 rings (SSSR count). The third-order valence-corrected chi connectivity index (χ3v) is 5.03. The molecule has 24 heavy (non-hydrogen) atoms. The summed E-state index contributed by atoms with van der Waals surface area (Å²) in [6.45, 7) is 3.68. The van der Waals surface area contributed by atoms with Crippen LogP contribution in [-0.4, -0.2) is 18.0 Å². The molecule has 0 unspecified atom stereocenters. The Morgan fingerprint density at radius 1 is 1.29 bits per heavy atom. The zero-order valence-electron chi connectivity index (χ0n) is 13.3. The lowest BCUT2D eigenvalue weighted by atomic mass is 10.2. The second kappa shape index (κ2) is 6.78. The molecule has 0 aliphatic carbocycles. The van der Waals surface area contributed by atoms with Crippen molar-refractivity contribution in [1.29, 1.82) is 0 Å². The first-order chi connectivity index (χ1) is 11.5. The Kier molecular flexibility index (Phi) is 4.73. The number of amides is 1. The number of furan rings is 1. The van der Waals surface area contributed by atoms with Gasteiger partial charge in [-0.2, -0.15) is 0 Å². The minimum Gasteiger partial charge on any atom is -0.495 e. The SMILES string of the molecule is COc1ccc(Br)cc1NC(=O)c1sc(-c2ccc(C)o2)nc1C. The number of aryl methyl sites for hydroxylation is 2. The average Bonchev–Trinajstić information content (AvgIpc) is 3.13. The number of thiazole rings is 1. The van der Waals surface area contributed by atoms with Crippen LogP contribution in [0.3, 0.4) is 0 Å². The van der Waals surface area contributed by atoms with Crippen molar-refractivity contribution >= 4 is 38.9 Å². The van der Waals surface area contributed by atoms with Crippen LogP contribution in [0.2, 0.25) is 0 Å². The molecule has 3 aromatic rings. The van der Waals surface area contributed by atoms with Crippen LogP contribution >= 0.6 is 27.3 Å². The molecule has 0 spiro atoms. The third-order valence-electron chi connectivity index (χ3n) is 3.36. The van der Waals surface area contributed by atoms with Crippen LogP contribution in [0, 0.1) is 13.8 Å². The number of carbonyl (C=O) groups is 1. The molecular weight excluding hydrogens is 392 g/mol. The van der Waals surface area contributed by atoms with Gasteiger partial charge in [0, 0.05) is 4.47 Å². The number of rotatable bonds is 4. The van der Waals surface area contributed by atoms with Crippen molar-refractivity contribution in [3.63, 3.8) is 0 Å². The van der Waals surface area contributed by atoms with E-state index in [2.05, 4.69) is 26.2 Å². The van der Waals surface area contributed by atoms with E-state index < -0.39 is 0 Å². The highest BCUT2D eigenvalue weighted by Gasteiger charge is 2.19. The highest BCUT2D eigenvalue weighted by Crippen LogP contribution is 2.32. The van der Waals surface area contributed by atoms with E-state index in [-0.39, 0.29) is 5.91 Å². The van der Waals surface area contributed by atoms with Gasteiger partial charge in [0.2, 0.25) is 0 Å². The normalized spacial score (nSPS) is 10.7. The topological polar surface area (TPSA) is 64.4 Å². The number of aromatic nitrogens is 1. The van der Waals surface area contributed by atoms with Gasteiger partial charge in [0.15, 0.2) is 10.8 Å². The van der Waals surface area contributed by atoms with Crippen LogP contribution in [0.5, 0.6) is 5.75 Å². The Bertz CT molecular complexity index is 901. The molecule has 0 atom stereocenters. The maximum Gasteiger partial charge on any atom is 0.267 e. The number of nitrogens with one attached hydrogen (secondary N) is 1. The van der Waals surface area contributed by atoms with Crippen LogP contribution in [0.1, 0.15) is 21.1 Å². The van der Waals surface area contributed by atoms with Crippen molar-refractivity contribution in [2.45, 2.75) is 13.8 Å². The second-order valence-corrected chi connectivity index (χ2v) is 7.06. The minimum absolute atomic E-state index is 0.226. The van der Waals surface area contributed by atoms with E-state index in [1.165, 1.54) is 11.3 Å². The van der Waals surface area contributed by atoms with Crippen molar-refractivity contribution in [1.82, 2.24) is 4.98 Å². The fourth-order valence-corrected chi connectivity index (χ4v) is 3.50. The predicted molar refractivity (Wildman–Crippen MR) is 97.9 cm³/mol. The molecule has 5 nitrogen and oxygen atoms in total. The third kappa shape index (κ3) is 3.37. The fraction of sp³-hybridized carbons (Fsp3) is 0.176. The molecule has 2 heterocycles.